The van der Waals surface area contributed by atoms with E-state index in [2.05, 4.69) is 19.2 Å². The summed E-state index contributed by atoms with van der Waals surface area (Å²) >= 11 is 0. The number of amides is 2. The summed E-state index contributed by atoms with van der Waals surface area (Å²) in [5.74, 6) is 0.545. The number of hydrogen-bond acceptors (Lipinski definition) is 3. The van der Waals surface area contributed by atoms with Gasteiger partial charge < -0.3 is 10.2 Å². The number of hydrogen-bond donors (Lipinski definition) is 1. The molecule has 1 saturated heterocycles. The monoisotopic (exact) mass is 386 g/mol. The first-order valence-corrected chi connectivity index (χ1v) is 10.5. The van der Waals surface area contributed by atoms with Crippen LogP contribution in [0.2, 0.25) is 0 Å². The molecule has 1 fully saturated rings. The van der Waals surface area contributed by atoms with Crippen molar-refractivity contribution >= 4 is 17.6 Å². The van der Waals surface area contributed by atoms with Crippen LogP contribution in [0.5, 0.6) is 0 Å². The molecule has 1 heterocycles. The molecule has 5 heteroatoms. The van der Waals surface area contributed by atoms with Gasteiger partial charge in [-0.05, 0) is 30.7 Å². The van der Waals surface area contributed by atoms with E-state index in [1.54, 1.807) is 4.90 Å². The fraction of sp³-hybridized carbons (Fsp3) is 0.609. The molecule has 1 aromatic carbocycles. The number of carbonyl (C=O) groups is 3. The van der Waals surface area contributed by atoms with Crippen LogP contribution in [-0.4, -0.2) is 41.6 Å². The molecule has 0 aliphatic carbocycles. The minimum atomic E-state index is -0.0596. The van der Waals surface area contributed by atoms with E-state index in [1.807, 2.05) is 38.1 Å². The van der Waals surface area contributed by atoms with E-state index in [-0.39, 0.29) is 42.4 Å². The smallest absolute Gasteiger partial charge is 0.223 e. The Labute approximate surface area is 168 Å². The standard InChI is InChI=1S/C23H34N2O3/c1-16(2)14-18-7-9-19(10-8-18)21(26)11-12-22(27)25-13-5-6-20(15-25)24-23(28)17(3)4/h7-10,16-17,20H,5-6,11-15H2,1-4H3,(H,24,28). The zero-order chi connectivity index (χ0) is 20.7. The number of likely N-dealkylation sites (tertiary alicyclic amines) is 1. The van der Waals surface area contributed by atoms with Crippen molar-refractivity contribution in [2.24, 2.45) is 11.8 Å². The average molecular weight is 387 g/mol. The fourth-order valence-corrected chi connectivity index (χ4v) is 3.51. The summed E-state index contributed by atoms with van der Waals surface area (Å²) in [4.78, 5) is 38.6. The van der Waals surface area contributed by atoms with Crippen LogP contribution in [0.25, 0.3) is 0 Å². The van der Waals surface area contributed by atoms with Crippen molar-refractivity contribution in [3.63, 3.8) is 0 Å². The second-order valence-corrected chi connectivity index (χ2v) is 8.56. The molecule has 2 rings (SSSR count). The maximum absolute atomic E-state index is 12.5. The van der Waals surface area contributed by atoms with Gasteiger partial charge in [0.25, 0.3) is 0 Å². The summed E-state index contributed by atoms with van der Waals surface area (Å²) in [5.41, 5.74) is 1.89. The van der Waals surface area contributed by atoms with Crippen LogP contribution in [0, 0.1) is 11.8 Å². The maximum Gasteiger partial charge on any atom is 0.223 e. The summed E-state index contributed by atoms with van der Waals surface area (Å²) in [6.45, 7) is 9.30. The summed E-state index contributed by atoms with van der Waals surface area (Å²) < 4.78 is 0. The van der Waals surface area contributed by atoms with Gasteiger partial charge in [0, 0.05) is 43.5 Å². The van der Waals surface area contributed by atoms with Crippen molar-refractivity contribution in [1.82, 2.24) is 10.2 Å². The number of Topliss-reactive ketones (excluding diaryl/α,β-unsaturated/α-hetero) is 1. The van der Waals surface area contributed by atoms with Gasteiger partial charge >= 0.3 is 0 Å². The van der Waals surface area contributed by atoms with Crippen LogP contribution in [0.4, 0.5) is 0 Å². The Hall–Kier alpha value is -2.17. The Morgan fingerprint density at radius 3 is 2.36 bits per heavy atom. The summed E-state index contributed by atoms with van der Waals surface area (Å²) in [5, 5.41) is 3.01. The van der Waals surface area contributed by atoms with E-state index in [0.717, 1.165) is 19.3 Å². The van der Waals surface area contributed by atoms with Crippen molar-refractivity contribution in [1.29, 1.82) is 0 Å². The van der Waals surface area contributed by atoms with E-state index in [4.69, 9.17) is 0 Å². The number of nitrogens with zero attached hydrogens (tertiary/aromatic N) is 1. The highest BCUT2D eigenvalue weighted by molar-refractivity contribution is 5.98. The molecule has 1 atom stereocenters. The minimum absolute atomic E-state index is 0.00566. The van der Waals surface area contributed by atoms with Gasteiger partial charge in [-0.15, -0.1) is 0 Å². The molecule has 1 aliphatic heterocycles. The second kappa shape index (κ2) is 10.4. The first kappa shape index (κ1) is 22.1. The molecule has 0 saturated carbocycles. The van der Waals surface area contributed by atoms with Crippen LogP contribution in [0.3, 0.4) is 0 Å². The summed E-state index contributed by atoms with van der Waals surface area (Å²) in [6.07, 6.45) is 3.21. The zero-order valence-corrected chi connectivity index (χ0v) is 17.7. The molecule has 28 heavy (non-hydrogen) atoms. The summed E-state index contributed by atoms with van der Waals surface area (Å²) in [7, 11) is 0. The Morgan fingerprint density at radius 2 is 1.75 bits per heavy atom. The molecule has 1 N–H and O–H groups in total. The molecule has 2 amide bonds. The quantitative estimate of drug-likeness (QED) is 0.694. The molecule has 0 spiro atoms. The van der Waals surface area contributed by atoms with Crippen LogP contribution >= 0.6 is 0 Å². The molecule has 1 aromatic rings. The van der Waals surface area contributed by atoms with E-state index < -0.39 is 0 Å². The topological polar surface area (TPSA) is 66.5 Å². The van der Waals surface area contributed by atoms with Crippen LogP contribution in [0.1, 0.15) is 69.3 Å². The molecule has 0 radical (unpaired) electrons. The van der Waals surface area contributed by atoms with Gasteiger partial charge in [0.05, 0.1) is 0 Å². The minimum Gasteiger partial charge on any atom is -0.351 e. The third kappa shape index (κ3) is 6.77. The molecule has 1 unspecified atom stereocenters. The Morgan fingerprint density at radius 1 is 1.07 bits per heavy atom. The molecule has 0 bridgehead atoms. The zero-order valence-electron chi connectivity index (χ0n) is 17.7. The molecular weight excluding hydrogens is 352 g/mol. The summed E-state index contributed by atoms with van der Waals surface area (Å²) in [6, 6.07) is 7.74. The maximum atomic E-state index is 12.5. The highest BCUT2D eigenvalue weighted by atomic mass is 16.2. The number of carbonyl (C=O) groups excluding carboxylic acids is 3. The number of benzene rings is 1. The van der Waals surface area contributed by atoms with Crippen LogP contribution in [-0.2, 0) is 16.0 Å². The molecule has 1 aliphatic rings. The Kier molecular flexibility index (Phi) is 8.21. The van der Waals surface area contributed by atoms with Crippen LogP contribution < -0.4 is 5.32 Å². The molecule has 154 valence electrons. The first-order chi connectivity index (χ1) is 13.3. The second-order valence-electron chi connectivity index (χ2n) is 8.56. The molecular formula is C23H34N2O3. The van der Waals surface area contributed by atoms with Gasteiger partial charge in [-0.2, -0.15) is 0 Å². The Bertz CT molecular complexity index is 680. The third-order valence-electron chi connectivity index (χ3n) is 5.13. The lowest BCUT2D eigenvalue weighted by atomic mass is 9.99. The number of piperidine rings is 1. The first-order valence-electron chi connectivity index (χ1n) is 10.5. The largest absolute Gasteiger partial charge is 0.351 e. The van der Waals surface area contributed by atoms with Gasteiger partial charge in [-0.3, -0.25) is 14.4 Å². The Balaban J connectivity index is 1.82. The van der Waals surface area contributed by atoms with Crippen molar-refractivity contribution in [3.8, 4) is 0 Å². The third-order valence-corrected chi connectivity index (χ3v) is 5.13. The number of rotatable bonds is 8. The number of nitrogens with one attached hydrogen (secondary N) is 1. The fourth-order valence-electron chi connectivity index (χ4n) is 3.51. The lowest BCUT2D eigenvalue weighted by molar-refractivity contribution is -0.134. The van der Waals surface area contributed by atoms with E-state index in [0.29, 0.717) is 24.6 Å². The van der Waals surface area contributed by atoms with Crippen molar-refractivity contribution < 1.29 is 14.4 Å². The van der Waals surface area contributed by atoms with Gasteiger partial charge in [0.15, 0.2) is 5.78 Å². The van der Waals surface area contributed by atoms with Gasteiger partial charge in [0.1, 0.15) is 0 Å². The average Bonchev–Trinajstić information content (AvgIpc) is 2.66. The number of ketones is 1. The van der Waals surface area contributed by atoms with Crippen LogP contribution in [0.15, 0.2) is 24.3 Å². The van der Waals surface area contributed by atoms with Crippen molar-refractivity contribution in [2.45, 2.75) is 65.8 Å². The predicted molar refractivity (Wildman–Crippen MR) is 111 cm³/mol. The van der Waals surface area contributed by atoms with E-state index >= 15 is 0 Å². The van der Waals surface area contributed by atoms with Gasteiger partial charge in [-0.25, -0.2) is 0 Å². The lowest BCUT2D eigenvalue weighted by Gasteiger charge is -2.33. The van der Waals surface area contributed by atoms with Crippen molar-refractivity contribution in [3.05, 3.63) is 35.4 Å². The predicted octanol–water partition coefficient (Wildman–Crippen LogP) is 3.61. The van der Waals surface area contributed by atoms with Crippen molar-refractivity contribution in [2.75, 3.05) is 13.1 Å². The van der Waals surface area contributed by atoms with Gasteiger partial charge in [0.2, 0.25) is 11.8 Å². The highest BCUT2D eigenvalue weighted by Gasteiger charge is 2.25. The van der Waals surface area contributed by atoms with Gasteiger partial charge in [-0.1, -0.05) is 52.0 Å². The lowest BCUT2D eigenvalue weighted by Crippen LogP contribution is -2.50. The normalized spacial score (nSPS) is 17.1. The van der Waals surface area contributed by atoms with E-state index in [9.17, 15) is 14.4 Å². The van der Waals surface area contributed by atoms with E-state index in [1.165, 1.54) is 5.56 Å². The highest BCUT2D eigenvalue weighted by Crippen LogP contribution is 2.15. The SMILES string of the molecule is CC(C)Cc1ccc(C(=O)CCC(=O)N2CCCC(NC(=O)C(C)C)C2)cc1. The molecule has 5 nitrogen and oxygen atoms in total. The molecule has 0 aromatic heterocycles.